The molecule has 2 aromatic rings. The molecule has 0 atom stereocenters. The van der Waals surface area contributed by atoms with Crippen molar-refractivity contribution in [3.63, 3.8) is 0 Å². The average molecular weight is 314 g/mol. The second-order valence-electron chi connectivity index (χ2n) is 6.77. The number of nitrogens with one attached hydrogen (secondary N) is 1. The maximum absolute atomic E-state index is 12.7. The lowest BCUT2D eigenvalue weighted by atomic mass is 10.0. The summed E-state index contributed by atoms with van der Waals surface area (Å²) in [6.07, 6.45) is 4.74. The van der Waals surface area contributed by atoms with Crippen LogP contribution in [-0.2, 0) is 0 Å². The van der Waals surface area contributed by atoms with Gasteiger partial charge in [-0.15, -0.1) is 0 Å². The molecule has 6 heteroatoms. The summed E-state index contributed by atoms with van der Waals surface area (Å²) in [7, 11) is 0. The van der Waals surface area contributed by atoms with Crippen LogP contribution in [0.25, 0.3) is 11.1 Å². The Balaban J connectivity index is 1.50. The van der Waals surface area contributed by atoms with Crippen molar-refractivity contribution in [3.8, 4) is 0 Å². The molecule has 0 unspecified atom stereocenters. The van der Waals surface area contributed by atoms with Gasteiger partial charge in [0.1, 0.15) is 0 Å². The standard InChI is InChI=1S/C17H22N4O2/c1-10-9-14(15-11(2)20-23-17(15)18-10)16(22)19-12-5-7-21(8-6-12)13-3-4-13/h9,12-13H,3-8H2,1-2H3,(H,19,22). The number of aromatic nitrogens is 2. The van der Waals surface area contributed by atoms with Crippen molar-refractivity contribution < 1.29 is 9.32 Å². The molecule has 0 spiro atoms. The molecule has 122 valence electrons. The largest absolute Gasteiger partial charge is 0.349 e. The maximum atomic E-state index is 12.7. The van der Waals surface area contributed by atoms with Crippen LogP contribution in [0.1, 0.15) is 47.4 Å². The number of rotatable bonds is 3. The summed E-state index contributed by atoms with van der Waals surface area (Å²) in [6.45, 7) is 5.88. The quantitative estimate of drug-likeness (QED) is 0.940. The van der Waals surface area contributed by atoms with Gasteiger partial charge in [-0.3, -0.25) is 4.79 Å². The van der Waals surface area contributed by atoms with Gasteiger partial charge in [0.25, 0.3) is 11.6 Å². The minimum Gasteiger partial charge on any atom is -0.349 e. The van der Waals surface area contributed by atoms with Gasteiger partial charge >= 0.3 is 0 Å². The van der Waals surface area contributed by atoms with Crippen molar-refractivity contribution in [3.05, 3.63) is 23.0 Å². The number of likely N-dealkylation sites (tertiary alicyclic amines) is 1. The monoisotopic (exact) mass is 314 g/mol. The number of amides is 1. The fourth-order valence-corrected chi connectivity index (χ4v) is 3.51. The lowest BCUT2D eigenvalue weighted by Crippen LogP contribution is -2.45. The molecule has 4 rings (SSSR count). The molecular formula is C17H22N4O2. The molecule has 1 saturated heterocycles. The van der Waals surface area contributed by atoms with Gasteiger partial charge in [0.05, 0.1) is 16.6 Å². The van der Waals surface area contributed by atoms with Crippen LogP contribution in [-0.4, -0.2) is 46.1 Å². The van der Waals surface area contributed by atoms with E-state index in [4.69, 9.17) is 4.52 Å². The van der Waals surface area contributed by atoms with Gasteiger partial charge in [0, 0.05) is 30.9 Å². The number of nitrogens with zero attached hydrogens (tertiary/aromatic N) is 3. The molecule has 1 aliphatic heterocycles. The van der Waals surface area contributed by atoms with Gasteiger partial charge in [0.2, 0.25) is 0 Å². The minimum absolute atomic E-state index is 0.0447. The topological polar surface area (TPSA) is 71.3 Å². The van der Waals surface area contributed by atoms with Crippen molar-refractivity contribution in [2.24, 2.45) is 0 Å². The number of carbonyl (C=O) groups is 1. The van der Waals surface area contributed by atoms with Gasteiger partial charge in [-0.1, -0.05) is 5.16 Å². The van der Waals surface area contributed by atoms with Crippen LogP contribution in [0.2, 0.25) is 0 Å². The van der Waals surface area contributed by atoms with Crippen LogP contribution in [0.3, 0.4) is 0 Å². The third kappa shape index (κ3) is 2.83. The predicted molar refractivity (Wildman–Crippen MR) is 86.4 cm³/mol. The summed E-state index contributed by atoms with van der Waals surface area (Å²) < 4.78 is 5.21. The van der Waals surface area contributed by atoms with E-state index in [1.165, 1.54) is 12.8 Å². The lowest BCUT2D eigenvalue weighted by molar-refractivity contribution is 0.0910. The van der Waals surface area contributed by atoms with Gasteiger partial charge in [0.15, 0.2) is 0 Å². The number of fused-ring (bicyclic) bond motifs is 1. The highest BCUT2D eigenvalue weighted by molar-refractivity contribution is 6.06. The summed E-state index contributed by atoms with van der Waals surface area (Å²) in [5.41, 5.74) is 2.54. The summed E-state index contributed by atoms with van der Waals surface area (Å²) in [5.74, 6) is -0.0447. The zero-order valence-electron chi connectivity index (χ0n) is 13.6. The Morgan fingerprint density at radius 3 is 2.70 bits per heavy atom. The maximum Gasteiger partial charge on any atom is 0.258 e. The van der Waals surface area contributed by atoms with Crippen molar-refractivity contribution in [1.82, 2.24) is 20.4 Å². The molecule has 1 aliphatic carbocycles. The highest BCUT2D eigenvalue weighted by atomic mass is 16.5. The number of hydrogen-bond acceptors (Lipinski definition) is 5. The minimum atomic E-state index is -0.0447. The van der Waals surface area contributed by atoms with Crippen molar-refractivity contribution in [2.45, 2.75) is 51.6 Å². The summed E-state index contributed by atoms with van der Waals surface area (Å²) in [4.78, 5) is 19.6. The van der Waals surface area contributed by atoms with E-state index in [-0.39, 0.29) is 11.9 Å². The van der Waals surface area contributed by atoms with Crippen molar-refractivity contribution in [1.29, 1.82) is 0 Å². The normalized spacial score (nSPS) is 20.1. The number of piperidine rings is 1. The molecule has 2 aromatic heterocycles. The highest BCUT2D eigenvalue weighted by Crippen LogP contribution is 2.29. The molecule has 3 heterocycles. The van der Waals surface area contributed by atoms with Crippen LogP contribution in [0, 0.1) is 13.8 Å². The third-order valence-corrected chi connectivity index (χ3v) is 4.92. The number of carbonyl (C=O) groups excluding carboxylic acids is 1. The lowest BCUT2D eigenvalue weighted by Gasteiger charge is -2.32. The average Bonchev–Trinajstić information content (AvgIpc) is 3.32. The Morgan fingerprint density at radius 2 is 2.00 bits per heavy atom. The Bertz CT molecular complexity index is 742. The molecular weight excluding hydrogens is 292 g/mol. The summed E-state index contributed by atoms with van der Waals surface area (Å²) in [5, 5.41) is 7.85. The molecule has 6 nitrogen and oxygen atoms in total. The molecule has 0 bridgehead atoms. The van der Waals surface area contributed by atoms with E-state index in [2.05, 4.69) is 20.4 Å². The van der Waals surface area contributed by atoms with Crippen LogP contribution in [0.15, 0.2) is 10.6 Å². The smallest absolute Gasteiger partial charge is 0.258 e. The van der Waals surface area contributed by atoms with Gasteiger partial charge in [-0.05, 0) is 45.6 Å². The molecule has 23 heavy (non-hydrogen) atoms. The van der Waals surface area contributed by atoms with E-state index in [0.29, 0.717) is 17.0 Å². The predicted octanol–water partition coefficient (Wildman–Crippen LogP) is 2.20. The first-order chi connectivity index (χ1) is 11.1. The fourth-order valence-electron chi connectivity index (χ4n) is 3.51. The van der Waals surface area contributed by atoms with E-state index >= 15 is 0 Å². The first-order valence-electron chi connectivity index (χ1n) is 8.40. The second-order valence-corrected chi connectivity index (χ2v) is 6.77. The molecule has 1 saturated carbocycles. The van der Waals surface area contributed by atoms with Crippen LogP contribution in [0.4, 0.5) is 0 Å². The Morgan fingerprint density at radius 1 is 1.26 bits per heavy atom. The first kappa shape index (κ1) is 14.6. The van der Waals surface area contributed by atoms with E-state index in [9.17, 15) is 4.79 Å². The van der Waals surface area contributed by atoms with Crippen molar-refractivity contribution >= 4 is 17.0 Å². The molecule has 0 radical (unpaired) electrons. The first-order valence-corrected chi connectivity index (χ1v) is 8.40. The SMILES string of the molecule is Cc1cc(C(=O)NC2CCN(C3CC3)CC2)c2c(C)noc2n1. The molecule has 0 aromatic carbocycles. The third-order valence-electron chi connectivity index (χ3n) is 4.92. The van der Waals surface area contributed by atoms with E-state index in [1.54, 1.807) is 0 Å². The van der Waals surface area contributed by atoms with Crippen molar-refractivity contribution in [2.75, 3.05) is 13.1 Å². The number of pyridine rings is 1. The van der Waals surface area contributed by atoms with Crippen LogP contribution in [0.5, 0.6) is 0 Å². The Kier molecular flexibility index (Phi) is 3.56. The number of hydrogen-bond donors (Lipinski definition) is 1. The molecule has 1 amide bonds. The Hall–Kier alpha value is -1.95. The zero-order chi connectivity index (χ0) is 16.0. The van der Waals surface area contributed by atoms with E-state index in [1.807, 2.05) is 19.9 Å². The summed E-state index contributed by atoms with van der Waals surface area (Å²) in [6, 6.07) is 2.89. The molecule has 2 aliphatic rings. The van der Waals surface area contributed by atoms with Gasteiger partial charge in [-0.25, -0.2) is 4.98 Å². The zero-order valence-corrected chi connectivity index (χ0v) is 13.6. The molecule has 2 fully saturated rings. The number of aryl methyl sites for hydroxylation is 2. The highest BCUT2D eigenvalue weighted by Gasteiger charge is 2.32. The fraction of sp³-hybridized carbons (Fsp3) is 0.588. The van der Waals surface area contributed by atoms with E-state index in [0.717, 1.165) is 43.1 Å². The second kappa shape index (κ2) is 5.60. The van der Waals surface area contributed by atoms with E-state index < -0.39 is 0 Å². The Labute approximate surface area is 135 Å². The van der Waals surface area contributed by atoms with Crippen LogP contribution >= 0.6 is 0 Å². The summed E-state index contributed by atoms with van der Waals surface area (Å²) >= 11 is 0. The van der Waals surface area contributed by atoms with Crippen LogP contribution < -0.4 is 5.32 Å². The molecule has 1 N–H and O–H groups in total. The van der Waals surface area contributed by atoms with Gasteiger partial charge < -0.3 is 14.7 Å². The van der Waals surface area contributed by atoms with Gasteiger partial charge in [-0.2, -0.15) is 0 Å².